The van der Waals surface area contributed by atoms with Crippen molar-refractivity contribution in [1.82, 2.24) is 0 Å². The predicted molar refractivity (Wildman–Crippen MR) is 130 cm³/mol. The van der Waals surface area contributed by atoms with E-state index in [0.717, 1.165) is 5.56 Å². The van der Waals surface area contributed by atoms with Crippen LogP contribution in [0.5, 0.6) is 17.2 Å². The van der Waals surface area contributed by atoms with Crippen LogP contribution in [0.1, 0.15) is 31.2 Å². The second-order valence-electron chi connectivity index (χ2n) is 7.46. The van der Waals surface area contributed by atoms with E-state index in [9.17, 15) is 9.59 Å². The molecule has 2 heterocycles. The highest BCUT2D eigenvalue weighted by Gasteiger charge is 2.18. The zero-order valence-electron chi connectivity index (χ0n) is 17.7. The summed E-state index contributed by atoms with van der Waals surface area (Å²) in [6.07, 6.45) is 0. The molecule has 0 radical (unpaired) electrons. The van der Waals surface area contributed by atoms with Gasteiger partial charge in [0.05, 0.1) is 10.6 Å². The Hall–Kier alpha value is -3.81. The lowest BCUT2D eigenvalue weighted by atomic mass is 10.0. The minimum atomic E-state index is -0.316. The van der Waals surface area contributed by atoms with Gasteiger partial charge in [-0.1, -0.05) is 41.9 Å². The number of nitrogens with one attached hydrogen (secondary N) is 1. The molecule has 8 heteroatoms. The van der Waals surface area contributed by atoms with E-state index in [0.29, 0.717) is 50.6 Å². The number of carbonyl (C=O) groups excluding carboxylic acids is 2. The van der Waals surface area contributed by atoms with E-state index in [1.165, 1.54) is 11.3 Å². The molecule has 0 bridgehead atoms. The van der Waals surface area contributed by atoms with Gasteiger partial charge in [0.2, 0.25) is 6.79 Å². The zero-order valence-corrected chi connectivity index (χ0v) is 19.3. The maximum absolute atomic E-state index is 13.0. The Morgan fingerprint density at radius 3 is 2.65 bits per heavy atom. The lowest BCUT2D eigenvalue weighted by Gasteiger charge is -2.10. The summed E-state index contributed by atoms with van der Waals surface area (Å²) in [5.74, 6) is 1.44. The fourth-order valence-corrected chi connectivity index (χ4v) is 4.41. The van der Waals surface area contributed by atoms with Crippen molar-refractivity contribution < 1.29 is 23.8 Å². The van der Waals surface area contributed by atoms with Crippen molar-refractivity contribution in [2.45, 2.75) is 6.61 Å². The molecule has 0 saturated carbocycles. The van der Waals surface area contributed by atoms with E-state index in [-0.39, 0.29) is 18.5 Å². The summed E-state index contributed by atoms with van der Waals surface area (Å²) in [5.41, 5.74) is 2.09. The molecule has 0 aliphatic carbocycles. The topological polar surface area (TPSA) is 73.9 Å². The fourth-order valence-electron chi connectivity index (χ4n) is 3.45. The summed E-state index contributed by atoms with van der Waals surface area (Å²) in [5, 5.41) is 5.12. The molecule has 1 aliphatic rings. The van der Waals surface area contributed by atoms with E-state index in [2.05, 4.69) is 5.32 Å². The minimum absolute atomic E-state index is 0.202. The molecule has 170 valence electrons. The van der Waals surface area contributed by atoms with E-state index in [1.807, 2.05) is 11.4 Å². The van der Waals surface area contributed by atoms with Gasteiger partial charge in [-0.05, 0) is 41.8 Å². The molecule has 34 heavy (non-hydrogen) atoms. The first kappa shape index (κ1) is 22.0. The van der Waals surface area contributed by atoms with Crippen LogP contribution in [0.3, 0.4) is 0 Å². The molecular weight excluding hydrogens is 474 g/mol. The van der Waals surface area contributed by atoms with Gasteiger partial charge in [-0.15, -0.1) is 11.3 Å². The third-order valence-corrected chi connectivity index (χ3v) is 6.35. The summed E-state index contributed by atoms with van der Waals surface area (Å²) in [4.78, 5) is 26.4. The second-order valence-corrected chi connectivity index (χ2v) is 8.81. The SMILES string of the molecule is O=C(Nc1ccc(Cl)cc1C(=O)c1ccccc1)c1cc(COc2ccc3c(c2)OCO3)cs1. The maximum Gasteiger partial charge on any atom is 0.265 e. The smallest absolute Gasteiger partial charge is 0.265 e. The Morgan fingerprint density at radius 2 is 1.79 bits per heavy atom. The first-order valence-electron chi connectivity index (χ1n) is 10.4. The molecule has 1 N–H and O–H groups in total. The first-order chi connectivity index (χ1) is 16.6. The number of thiophene rings is 1. The molecular formula is C26H18ClNO5S. The maximum atomic E-state index is 13.0. The summed E-state index contributed by atoms with van der Waals surface area (Å²) < 4.78 is 16.5. The third kappa shape index (κ3) is 4.76. The highest BCUT2D eigenvalue weighted by molar-refractivity contribution is 7.12. The van der Waals surface area contributed by atoms with E-state index < -0.39 is 0 Å². The largest absolute Gasteiger partial charge is 0.489 e. The number of ether oxygens (including phenoxy) is 3. The molecule has 0 spiro atoms. The number of benzene rings is 3. The second kappa shape index (κ2) is 9.59. The van der Waals surface area contributed by atoms with Crippen molar-refractivity contribution in [3.05, 3.63) is 105 Å². The van der Waals surface area contributed by atoms with Crippen molar-refractivity contribution >= 4 is 40.3 Å². The van der Waals surface area contributed by atoms with Crippen LogP contribution < -0.4 is 19.5 Å². The van der Waals surface area contributed by atoms with Crippen molar-refractivity contribution in [3.63, 3.8) is 0 Å². The number of anilines is 1. The van der Waals surface area contributed by atoms with Crippen LogP contribution in [-0.2, 0) is 6.61 Å². The zero-order chi connectivity index (χ0) is 23.5. The number of rotatable bonds is 7. The van der Waals surface area contributed by atoms with Crippen molar-refractivity contribution in [2.75, 3.05) is 12.1 Å². The Kier molecular flexibility index (Phi) is 6.20. The molecule has 0 unspecified atom stereocenters. The van der Waals surface area contributed by atoms with Crippen LogP contribution in [0.15, 0.2) is 78.2 Å². The minimum Gasteiger partial charge on any atom is -0.489 e. The van der Waals surface area contributed by atoms with Crippen LogP contribution >= 0.6 is 22.9 Å². The number of carbonyl (C=O) groups is 2. The molecule has 3 aromatic carbocycles. The molecule has 1 aliphatic heterocycles. The summed E-state index contributed by atoms with van der Waals surface area (Å²) in [6, 6.07) is 20.8. The molecule has 0 fully saturated rings. The Morgan fingerprint density at radius 1 is 0.971 bits per heavy atom. The molecule has 0 saturated heterocycles. The fraction of sp³-hybridized carbons (Fsp3) is 0.0769. The van der Waals surface area contributed by atoms with E-state index in [4.69, 9.17) is 25.8 Å². The van der Waals surface area contributed by atoms with Crippen molar-refractivity contribution in [2.24, 2.45) is 0 Å². The number of hydrogen-bond acceptors (Lipinski definition) is 6. The molecule has 0 atom stereocenters. The number of amides is 1. The van der Waals surface area contributed by atoms with Crippen LogP contribution in [0.2, 0.25) is 5.02 Å². The van der Waals surface area contributed by atoms with Gasteiger partial charge in [0, 0.05) is 27.8 Å². The summed E-state index contributed by atoms with van der Waals surface area (Å²) in [6.45, 7) is 0.496. The first-order valence-corrected chi connectivity index (χ1v) is 11.6. The lowest BCUT2D eigenvalue weighted by molar-refractivity contribution is 0.103. The molecule has 5 rings (SSSR count). The van der Waals surface area contributed by atoms with Gasteiger partial charge in [0.15, 0.2) is 17.3 Å². The number of hydrogen-bond donors (Lipinski definition) is 1. The standard InChI is InChI=1S/C26H18ClNO5S/c27-18-6-8-21(20(11-18)25(29)17-4-2-1-3-5-17)28-26(30)24-10-16(14-34-24)13-31-19-7-9-22-23(12-19)33-15-32-22/h1-12,14H,13,15H2,(H,28,30). The quantitative estimate of drug-likeness (QED) is 0.312. The Bertz CT molecular complexity index is 1370. The number of fused-ring (bicyclic) bond motifs is 1. The summed E-state index contributed by atoms with van der Waals surface area (Å²) >= 11 is 7.43. The highest BCUT2D eigenvalue weighted by atomic mass is 35.5. The van der Waals surface area contributed by atoms with Gasteiger partial charge in [0.1, 0.15) is 12.4 Å². The Balaban J connectivity index is 1.28. The average molecular weight is 492 g/mol. The normalized spacial score (nSPS) is 11.8. The van der Waals surface area contributed by atoms with Crippen molar-refractivity contribution in [3.8, 4) is 17.2 Å². The predicted octanol–water partition coefficient (Wildman–Crippen LogP) is 6.19. The van der Waals surface area contributed by atoms with Gasteiger partial charge in [0.25, 0.3) is 5.91 Å². The molecule has 6 nitrogen and oxygen atoms in total. The van der Waals surface area contributed by atoms with Gasteiger partial charge in [-0.25, -0.2) is 0 Å². The van der Waals surface area contributed by atoms with Gasteiger partial charge in [-0.3, -0.25) is 9.59 Å². The van der Waals surface area contributed by atoms with Gasteiger partial charge < -0.3 is 19.5 Å². The Labute approximate surface area is 204 Å². The number of halogens is 1. The van der Waals surface area contributed by atoms with E-state index >= 15 is 0 Å². The lowest BCUT2D eigenvalue weighted by Crippen LogP contribution is -2.14. The molecule has 4 aromatic rings. The number of ketones is 1. The van der Waals surface area contributed by atoms with Crippen molar-refractivity contribution in [1.29, 1.82) is 0 Å². The van der Waals surface area contributed by atoms with Crippen LogP contribution in [-0.4, -0.2) is 18.5 Å². The summed E-state index contributed by atoms with van der Waals surface area (Å²) in [7, 11) is 0. The molecule has 1 aromatic heterocycles. The van der Waals surface area contributed by atoms with Crippen LogP contribution in [0, 0.1) is 0 Å². The molecule has 1 amide bonds. The monoisotopic (exact) mass is 491 g/mol. The third-order valence-electron chi connectivity index (χ3n) is 5.14. The van der Waals surface area contributed by atoms with Crippen LogP contribution in [0.25, 0.3) is 0 Å². The van der Waals surface area contributed by atoms with E-state index in [1.54, 1.807) is 66.7 Å². The average Bonchev–Trinajstić information content (AvgIpc) is 3.53. The highest BCUT2D eigenvalue weighted by Crippen LogP contribution is 2.35. The van der Waals surface area contributed by atoms with Crippen LogP contribution in [0.4, 0.5) is 5.69 Å². The van der Waals surface area contributed by atoms with Gasteiger partial charge in [-0.2, -0.15) is 0 Å². The van der Waals surface area contributed by atoms with Gasteiger partial charge >= 0.3 is 0 Å².